The number of primary amides is 1. The van der Waals surface area contributed by atoms with Crippen molar-refractivity contribution in [2.24, 2.45) is 5.73 Å². The number of allylic oxidation sites excluding steroid dienone is 1. The van der Waals surface area contributed by atoms with Crippen molar-refractivity contribution in [1.29, 1.82) is 0 Å². The minimum atomic E-state index is -0.386. The standard InChI is InChI=1S/C24H32N6O2/c1-17(2)26-21-7-12-30(27-21)23(32)28-13-9-24(10-14-28)8-4-11-29(24)16-19-5-6-20(22(25)31)18(3)15-19/h5-7,12,15H,1,4,8-11,13-14,16H2,2-3H3,(H2,25,31)(H,26,27). The molecular weight excluding hydrogens is 404 g/mol. The molecule has 2 amide bonds. The summed E-state index contributed by atoms with van der Waals surface area (Å²) in [6.45, 7) is 10.9. The predicted octanol–water partition coefficient (Wildman–Crippen LogP) is 3.33. The summed E-state index contributed by atoms with van der Waals surface area (Å²) < 4.78 is 1.40. The van der Waals surface area contributed by atoms with Gasteiger partial charge in [0.2, 0.25) is 5.91 Å². The van der Waals surface area contributed by atoms with E-state index in [0.717, 1.165) is 56.7 Å². The Bertz CT molecular complexity index is 1030. The van der Waals surface area contributed by atoms with E-state index in [4.69, 9.17) is 5.73 Å². The first-order valence-corrected chi connectivity index (χ1v) is 11.2. The van der Waals surface area contributed by atoms with Gasteiger partial charge in [-0.2, -0.15) is 4.68 Å². The molecule has 0 unspecified atom stereocenters. The highest BCUT2D eigenvalue weighted by Crippen LogP contribution is 2.39. The Morgan fingerprint density at radius 2 is 1.94 bits per heavy atom. The van der Waals surface area contributed by atoms with Crippen LogP contribution in [0.3, 0.4) is 0 Å². The van der Waals surface area contributed by atoms with E-state index in [9.17, 15) is 9.59 Å². The van der Waals surface area contributed by atoms with Crippen molar-refractivity contribution in [1.82, 2.24) is 19.6 Å². The number of aryl methyl sites for hydroxylation is 1. The van der Waals surface area contributed by atoms with E-state index in [2.05, 4.69) is 28.0 Å². The van der Waals surface area contributed by atoms with Crippen LogP contribution in [0.25, 0.3) is 0 Å². The summed E-state index contributed by atoms with van der Waals surface area (Å²) in [6, 6.07) is 7.60. The molecule has 170 valence electrons. The topological polar surface area (TPSA) is 96.5 Å². The number of carbonyl (C=O) groups excluding carboxylic acids is 2. The third kappa shape index (κ3) is 4.41. The van der Waals surface area contributed by atoms with Crippen LogP contribution in [0.1, 0.15) is 54.1 Å². The van der Waals surface area contributed by atoms with E-state index in [0.29, 0.717) is 11.4 Å². The van der Waals surface area contributed by atoms with Crippen LogP contribution in [0.4, 0.5) is 10.6 Å². The van der Waals surface area contributed by atoms with E-state index in [1.807, 2.05) is 30.9 Å². The second kappa shape index (κ2) is 8.78. The number of aromatic nitrogens is 2. The van der Waals surface area contributed by atoms with Crippen LogP contribution in [-0.2, 0) is 6.54 Å². The van der Waals surface area contributed by atoms with Crippen molar-refractivity contribution >= 4 is 17.8 Å². The fraction of sp³-hybridized carbons (Fsp3) is 0.458. The summed E-state index contributed by atoms with van der Waals surface area (Å²) in [4.78, 5) is 28.9. The third-order valence-electron chi connectivity index (χ3n) is 6.76. The Balaban J connectivity index is 1.40. The van der Waals surface area contributed by atoms with Gasteiger partial charge in [0.25, 0.3) is 0 Å². The number of piperidine rings is 1. The number of nitrogens with zero attached hydrogens (tertiary/aromatic N) is 4. The van der Waals surface area contributed by atoms with Crippen LogP contribution < -0.4 is 11.1 Å². The minimum absolute atomic E-state index is 0.0863. The van der Waals surface area contributed by atoms with Gasteiger partial charge in [0, 0.05) is 48.7 Å². The third-order valence-corrected chi connectivity index (χ3v) is 6.76. The van der Waals surface area contributed by atoms with E-state index < -0.39 is 0 Å². The average molecular weight is 437 g/mol. The van der Waals surface area contributed by atoms with Crippen LogP contribution >= 0.6 is 0 Å². The smallest absolute Gasteiger partial charge is 0.344 e. The zero-order chi connectivity index (χ0) is 22.9. The lowest BCUT2D eigenvalue weighted by Gasteiger charge is -2.45. The summed E-state index contributed by atoms with van der Waals surface area (Å²) in [5, 5.41) is 7.36. The van der Waals surface area contributed by atoms with Crippen LogP contribution in [-0.4, -0.2) is 56.7 Å². The number of likely N-dealkylation sites (tertiary alicyclic amines) is 2. The second-order valence-electron chi connectivity index (χ2n) is 9.08. The van der Waals surface area contributed by atoms with Gasteiger partial charge < -0.3 is 16.0 Å². The SMILES string of the molecule is C=C(C)Nc1ccn(C(=O)N2CCC3(CCCN3Cc3ccc(C(N)=O)c(C)c3)CC2)n1. The molecule has 3 N–H and O–H groups in total. The molecule has 2 aromatic rings. The molecule has 2 aliphatic rings. The van der Waals surface area contributed by atoms with Crippen molar-refractivity contribution in [3.63, 3.8) is 0 Å². The quantitative estimate of drug-likeness (QED) is 0.749. The van der Waals surface area contributed by atoms with Gasteiger partial charge in [-0.15, -0.1) is 5.10 Å². The molecular formula is C24H32N6O2. The molecule has 2 saturated heterocycles. The molecule has 1 spiro atoms. The highest BCUT2D eigenvalue weighted by molar-refractivity contribution is 5.94. The number of hydrogen-bond acceptors (Lipinski definition) is 5. The number of anilines is 1. The summed E-state index contributed by atoms with van der Waals surface area (Å²) >= 11 is 0. The van der Waals surface area contributed by atoms with Crippen LogP contribution in [0.5, 0.6) is 0 Å². The number of carbonyl (C=O) groups is 2. The maximum absolute atomic E-state index is 12.9. The predicted molar refractivity (Wildman–Crippen MR) is 124 cm³/mol. The molecule has 1 aromatic heterocycles. The van der Waals surface area contributed by atoms with Gasteiger partial charge in [-0.1, -0.05) is 18.7 Å². The Morgan fingerprint density at radius 1 is 1.19 bits per heavy atom. The molecule has 32 heavy (non-hydrogen) atoms. The lowest BCUT2D eigenvalue weighted by atomic mass is 9.84. The highest BCUT2D eigenvalue weighted by Gasteiger charge is 2.43. The molecule has 2 aliphatic heterocycles. The summed E-state index contributed by atoms with van der Waals surface area (Å²) in [6.07, 6.45) is 5.92. The molecule has 0 radical (unpaired) electrons. The van der Waals surface area contributed by atoms with Gasteiger partial charge in [-0.05, 0) is 63.3 Å². The fourth-order valence-corrected chi connectivity index (χ4v) is 5.10. The Morgan fingerprint density at radius 3 is 2.59 bits per heavy atom. The largest absolute Gasteiger partial charge is 0.366 e. The second-order valence-corrected chi connectivity index (χ2v) is 9.08. The highest BCUT2D eigenvalue weighted by atomic mass is 16.2. The molecule has 2 fully saturated rings. The number of nitrogens with two attached hydrogens (primary N) is 1. The van der Waals surface area contributed by atoms with Crippen molar-refractivity contribution in [3.8, 4) is 0 Å². The van der Waals surface area contributed by atoms with Crippen molar-refractivity contribution in [2.75, 3.05) is 25.0 Å². The number of nitrogens with one attached hydrogen (secondary N) is 1. The molecule has 0 atom stereocenters. The fourth-order valence-electron chi connectivity index (χ4n) is 5.10. The van der Waals surface area contributed by atoms with Crippen LogP contribution in [0, 0.1) is 6.92 Å². The Labute approximate surface area is 189 Å². The van der Waals surface area contributed by atoms with E-state index in [1.165, 1.54) is 16.7 Å². The number of benzene rings is 1. The molecule has 4 rings (SSSR count). The Hall–Kier alpha value is -3.13. The maximum atomic E-state index is 12.9. The summed E-state index contributed by atoms with van der Waals surface area (Å²) in [5.41, 5.74) is 9.05. The van der Waals surface area contributed by atoms with Crippen molar-refractivity contribution in [3.05, 3.63) is 59.4 Å². The van der Waals surface area contributed by atoms with Gasteiger partial charge in [0.15, 0.2) is 5.82 Å². The van der Waals surface area contributed by atoms with Crippen molar-refractivity contribution < 1.29 is 9.59 Å². The normalized spacial score (nSPS) is 18.1. The van der Waals surface area contributed by atoms with Gasteiger partial charge in [-0.25, -0.2) is 4.79 Å². The first kappa shape index (κ1) is 22.1. The van der Waals surface area contributed by atoms with Crippen LogP contribution in [0.2, 0.25) is 0 Å². The lowest BCUT2D eigenvalue weighted by Crippen LogP contribution is -2.53. The van der Waals surface area contributed by atoms with Crippen molar-refractivity contribution in [2.45, 2.75) is 51.6 Å². The molecule has 0 saturated carbocycles. The molecule has 3 heterocycles. The number of hydrogen-bond donors (Lipinski definition) is 2. The average Bonchev–Trinajstić information content (AvgIpc) is 3.35. The summed E-state index contributed by atoms with van der Waals surface area (Å²) in [7, 11) is 0. The summed E-state index contributed by atoms with van der Waals surface area (Å²) in [5.74, 6) is 0.238. The van der Waals surface area contributed by atoms with E-state index >= 15 is 0 Å². The first-order valence-electron chi connectivity index (χ1n) is 11.2. The number of amides is 2. The number of rotatable bonds is 5. The van der Waals surface area contributed by atoms with Crippen LogP contribution in [0.15, 0.2) is 42.7 Å². The zero-order valence-electron chi connectivity index (χ0n) is 18.9. The molecule has 0 bridgehead atoms. The minimum Gasteiger partial charge on any atom is -0.366 e. The van der Waals surface area contributed by atoms with E-state index in [1.54, 1.807) is 12.3 Å². The lowest BCUT2D eigenvalue weighted by molar-refractivity contribution is 0.0584. The van der Waals surface area contributed by atoms with Gasteiger partial charge in [-0.3, -0.25) is 9.69 Å². The molecule has 1 aromatic carbocycles. The first-order chi connectivity index (χ1) is 15.3. The van der Waals surface area contributed by atoms with Gasteiger partial charge >= 0.3 is 6.03 Å². The molecule has 0 aliphatic carbocycles. The maximum Gasteiger partial charge on any atom is 0.344 e. The Kier molecular flexibility index (Phi) is 6.06. The van der Waals surface area contributed by atoms with E-state index in [-0.39, 0.29) is 17.5 Å². The molecule has 8 nitrogen and oxygen atoms in total. The van der Waals surface area contributed by atoms with Gasteiger partial charge in [0.1, 0.15) is 0 Å². The monoisotopic (exact) mass is 436 g/mol. The zero-order valence-corrected chi connectivity index (χ0v) is 18.9. The molecule has 8 heteroatoms. The van der Waals surface area contributed by atoms with Gasteiger partial charge in [0.05, 0.1) is 0 Å².